The van der Waals surface area contributed by atoms with E-state index in [0.29, 0.717) is 43.9 Å². The first-order valence-electron chi connectivity index (χ1n) is 9.02. The third-order valence-electron chi connectivity index (χ3n) is 5.05. The van der Waals surface area contributed by atoms with Crippen LogP contribution in [0, 0.1) is 5.92 Å². The quantitative estimate of drug-likeness (QED) is 0.713. The summed E-state index contributed by atoms with van der Waals surface area (Å²) in [7, 11) is 0. The Morgan fingerprint density at radius 2 is 1.71 bits per heavy atom. The van der Waals surface area contributed by atoms with Crippen molar-refractivity contribution in [2.75, 3.05) is 6.54 Å². The van der Waals surface area contributed by atoms with Gasteiger partial charge in [0.15, 0.2) is 0 Å². The fourth-order valence-corrected chi connectivity index (χ4v) is 3.88. The third kappa shape index (κ3) is 5.06. The highest BCUT2D eigenvalue weighted by molar-refractivity contribution is 5.79. The smallest absolute Gasteiger partial charge is 0.222 e. The monoisotopic (exact) mass is 329 g/mol. The molecule has 0 saturated carbocycles. The molecule has 2 amide bonds. The molecule has 2 unspecified atom stereocenters. The first kappa shape index (κ1) is 17.0. The van der Waals surface area contributed by atoms with E-state index in [1.54, 1.807) is 0 Å². The van der Waals surface area contributed by atoms with Gasteiger partial charge >= 0.3 is 0 Å². The number of fused-ring (bicyclic) bond motifs is 2. The zero-order valence-electron chi connectivity index (χ0n) is 14.1. The number of amides is 2. The predicted octanol–water partition coefficient (Wildman–Crippen LogP) is 1.73. The Morgan fingerprint density at radius 1 is 1.00 bits per heavy atom. The maximum Gasteiger partial charge on any atom is 0.222 e. The normalized spacial score (nSPS) is 25.2. The lowest BCUT2D eigenvalue weighted by Gasteiger charge is -2.28. The molecule has 0 spiro atoms. The number of hydrogen-bond donors (Lipinski definition) is 3. The van der Waals surface area contributed by atoms with Gasteiger partial charge in [-0.05, 0) is 37.2 Å². The summed E-state index contributed by atoms with van der Waals surface area (Å²) in [4.78, 5) is 23.9. The lowest BCUT2D eigenvalue weighted by molar-refractivity contribution is -0.123. The molecule has 2 heterocycles. The SMILES string of the molecule is O=C(CCNC(=O)CC1CC2CCC(C1)N2)NCc1ccccc1. The van der Waals surface area contributed by atoms with E-state index in [0.717, 1.165) is 18.4 Å². The molecule has 3 rings (SSSR count). The second-order valence-corrected chi connectivity index (χ2v) is 7.04. The van der Waals surface area contributed by atoms with E-state index >= 15 is 0 Å². The van der Waals surface area contributed by atoms with Crippen LogP contribution in [-0.4, -0.2) is 30.4 Å². The Bertz CT molecular complexity index is 549. The fraction of sp³-hybridized carbons (Fsp3) is 0.579. The van der Waals surface area contributed by atoms with Gasteiger partial charge in [0, 0.05) is 38.0 Å². The van der Waals surface area contributed by atoms with Gasteiger partial charge in [-0.2, -0.15) is 0 Å². The number of nitrogens with one attached hydrogen (secondary N) is 3. The first-order valence-corrected chi connectivity index (χ1v) is 9.02. The van der Waals surface area contributed by atoms with Crippen LogP contribution in [-0.2, 0) is 16.1 Å². The highest BCUT2D eigenvalue weighted by Gasteiger charge is 2.34. The van der Waals surface area contributed by atoms with Crippen molar-refractivity contribution in [3.8, 4) is 0 Å². The summed E-state index contributed by atoms with van der Waals surface area (Å²) in [6, 6.07) is 11.1. The van der Waals surface area contributed by atoms with Crippen LogP contribution in [0.15, 0.2) is 30.3 Å². The van der Waals surface area contributed by atoms with Crippen LogP contribution >= 0.6 is 0 Å². The molecule has 1 aromatic carbocycles. The molecule has 130 valence electrons. The van der Waals surface area contributed by atoms with Crippen molar-refractivity contribution >= 4 is 11.8 Å². The molecule has 2 bridgehead atoms. The van der Waals surface area contributed by atoms with Crippen LogP contribution in [0.2, 0.25) is 0 Å². The van der Waals surface area contributed by atoms with E-state index in [9.17, 15) is 9.59 Å². The van der Waals surface area contributed by atoms with Gasteiger partial charge in [-0.15, -0.1) is 0 Å². The molecule has 2 aliphatic rings. The van der Waals surface area contributed by atoms with Gasteiger partial charge < -0.3 is 16.0 Å². The van der Waals surface area contributed by atoms with E-state index in [4.69, 9.17) is 0 Å². The summed E-state index contributed by atoms with van der Waals surface area (Å²) in [5, 5.41) is 9.36. The molecule has 1 aromatic rings. The average molecular weight is 329 g/mol. The summed E-state index contributed by atoms with van der Waals surface area (Å²) in [5.41, 5.74) is 1.08. The van der Waals surface area contributed by atoms with E-state index in [1.807, 2.05) is 30.3 Å². The lowest BCUT2D eigenvalue weighted by atomic mass is 9.89. The minimum Gasteiger partial charge on any atom is -0.356 e. The van der Waals surface area contributed by atoms with Crippen LogP contribution in [0.25, 0.3) is 0 Å². The van der Waals surface area contributed by atoms with Crippen molar-refractivity contribution in [2.45, 2.75) is 57.2 Å². The number of benzene rings is 1. The van der Waals surface area contributed by atoms with E-state index in [1.165, 1.54) is 12.8 Å². The van der Waals surface area contributed by atoms with Crippen LogP contribution in [0.1, 0.15) is 44.1 Å². The van der Waals surface area contributed by atoms with E-state index in [-0.39, 0.29) is 11.8 Å². The van der Waals surface area contributed by atoms with Crippen molar-refractivity contribution in [3.63, 3.8) is 0 Å². The summed E-state index contributed by atoms with van der Waals surface area (Å²) in [5.74, 6) is 0.548. The Hall–Kier alpha value is -1.88. The molecule has 2 saturated heterocycles. The Kier molecular flexibility index (Phi) is 5.86. The minimum absolute atomic E-state index is 0.0286. The van der Waals surface area contributed by atoms with E-state index in [2.05, 4.69) is 16.0 Å². The predicted molar refractivity (Wildman–Crippen MR) is 93.2 cm³/mol. The van der Waals surface area contributed by atoms with Gasteiger partial charge in [0.2, 0.25) is 11.8 Å². The van der Waals surface area contributed by atoms with Crippen LogP contribution in [0.4, 0.5) is 0 Å². The van der Waals surface area contributed by atoms with Gasteiger partial charge in [0.25, 0.3) is 0 Å². The van der Waals surface area contributed by atoms with Crippen molar-refractivity contribution in [1.29, 1.82) is 0 Å². The standard InChI is InChI=1S/C19H27N3O2/c23-18(21-13-14-4-2-1-3-5-14)8-9-20-19(24)12-15-10-16-6-7-17(11-15)22-16/h1-5,15-17,22H,6-13H2,(H,20,24)(H,21,23). The molecule has 2 atom stereocenters. The molecular weight excluding hydrogens is 302 g/mol. The molecule has 2 fully saturated rings. The zero-order valence-corrected chi connectivity index (χ0v) is 14.1. The van der Waals surface area contributed by atoms with Gasteiger partial charge in [0.1, 0.15) is 0 Å². The Morgan fingerprint density at radius 3 is 2.42 bits per heavy atom. The number of hydrogen-bond acceptors (Lipinski definition) is 3. The first-order chi connectivity index (χ1) is 11.7. The van der Waals surface area contributed by atoms with Crippen molar-refractivity contribution < 1.29 is 9.59 Å². The molecule has 0 radical (unpaired) electrons. The Balaban J connectivity index is 1.28. The fourth-order valence-electron chi connectivity index (χ4n) is 3.88. The third-order valence-corrected chi connectivity index (χ3v) is 5.05. The molecule has 0 aliphatic carbocycles. The topological polar surface area (TPSA) is 70.2 Å². The van der Waals surface area contributed by atoms with Gasteiger partial charge in [-0.3, -0.25) is 9.59 Å². The molecular formula is C19H27N3O2. The molecule has 0 aromatic heterocycles. The van der Waals surface area contributed by atoms with Gasteiger partial charge in [-0.1, -0.05) is 30.3 Å². The average Bonchev–Trinajstić information content (AvgIpc) is 2.92. The summed E-state index contributed by atoms with van der Waals surface area (Å²) in [6.07, 6.45) is 5.66. The molecule has 5 heteroatoms. The molecule has 24 heavy (non-hydrogen) atoms. The summed E-state index contributed by atoms with van der Waals surface area (Å²) >= 11 is 0. The number of rotatable bonds is 7. The van der Waals surface area contributed by atoms with Gasteiger partial charge in [0.05, 0.1) is 0 Å². The molecule has 2 aliphatic heterocycles. The van der Waals surface area contributed by atoms with Crippen LogP contribution in [0.5, 0.6) is 0 Å². The van der Waals surface area contributed by atoms with Crippen molar-refractivity contribution in [2.24, 2.45) is 5.92 Å². The minimum atomic E-state index is -0.0286. The van der Waals surface area contributed by atoms with E-state index < -0.39 is 0 Å². The largest absolute Gasteiger partial charge is 0.356 e. The highest BCUT2D eigenvalue weighted by atomic mass is 16.2. The zero-order chi connectivity index (χ0) is 16.8. The number of carbonyl (C=O) groups excluding carboxylic acids is 2. The van der Waals surface area contributed by atoms with Crippen molar-refractivity contribution in [3.05, 3.63) is 35.9 Å². The number of piperidine rings is 1. The summed E-state index contributed by atoms with van der Waals surface area (Å²) < 4.78 is 0. The van der Waals surface area contributed by atoms with Crippen LogP contribution in [0.3, 0.4) is 0 Å². The van der Waals surface area contributed by atoms with Crippen LogP contribution < -0.4 is 16.0 Å². The number of carbonyl (C=O) groups is 2. The second kappa shape index (κ2) is 8.29. The lowest BCUT2D eigenvalue weighted by Crippen LogP contribution is -2.40. The van der Waals surface area contributed by atoms with Gasteiger partial charge in [-0.25, -0.2) is 0 Å². The summed E-state index contributed by atoms with van der Waals surface area (Å²) in [6.45, 7) is 0.947. The molecule has 3 N–H and O–H groups in total. The Labute approximate surface area is 143 Å². The maximum atomic E-state index is 12.0. The second-order valence-electron chi connectivity index (χ2n) is 7.04. The molecule has 5 nitrogen and oxygen atoms in total. The van der Waals surface area contributed by atoms with Crippen molar-refractivity contribution in [1.82, 2.24) is 16.0 Å². The highest BCUT2D eigenvalue weighted by Crippen LogP contribution is 2.32. The maximum absolute atomic E-state index is 12.0.